The first kappa shape index (κ1) is 12.5. The van der Waals surface area contributed by atoms with Crippen LogP contribution in [0.1, 0.15) is 50.9 Å². The molecule has 3 nitrogen and oxygen atoms in total. The van der Waals surface area contributed by atoms with E-state index < -0.39 is 0 Å². The molecule has 1 aromatic rings. The molecule has 0 spiro atoms. The quantitative estimate of drug-likeness (QED) is 0.869. The van der Waals surface area contributed by atoms with E-state index in [4.69, 9.17) is 0 Å². The van der Waals surface area contributed by atoms with E-state index in [-0.39, 0.29) is 0 Å². The average molecular weight is 233 g/mol. The van der Waals surface area contributed by atoms with Crippen LogP contribution in [0.3, 0.4) is 0 Å². The van der Waals surface area contributed by atoms with Crippen LogP contribution in [0.4, 0.5) is 0 Å². The van der Waals surface area contributed by atoms with Gasteiger partial charge in [-0.3, -0.25) is 0 Å². The zero-order valence-electron chi connectivity index (χ0n) is 10.9. The summed E-state index contributed by atoms with van der Waals surface area (Å²) in [6.45, 7) is 2.31. The Labute approximate surface area is 104 Å². The monoisotopic (exact) mass is 233 g/mol. The van der Waals surface area contributed by atoms with E-state index in [9.17, 15) is 0 Å². The van der Waals surface area contributed by atoms with Gasteiger partial charge in [-0.2, -0.15) is 0 Å². The van der Waals surface area contributed by atoms with Gasteiger partial charge in [-0.1, -0.05) is 32.6 Å². The lowest BCUT2D eigenvalue weighted by Gasteiger charge is -2.35. The highest BCUT2D eigenvalue weighted by atomic mass is 15.0. The molecule has 1 fully saturated rings. The predicted octanol–water partition coefficient (Wildman–Crippen LogP) is 2.95. The standard InChI is InChI=1S/C14H23N3/c1-3-11-7-4-5-8-12(11)13(15-2)14-16-9-6-10-17-14/h6,9-13,15H,3-5,7-8H2,1-2H3. The molecule has 0 aromatic carbocycles. The molecule has 0 bridgehead atoms. The van der Waals surface area contributed by atoms with E-state index in [1.165, 1.54) is 32.1 Å². The Morgan fingerprint density at radius 2 is 2.00 bits per heavy atom. The van der Waals surface area contributed by atoms with Crippen LogP contribution in [-0.4, -0.2) is 17.0 Å². The molecule has 0 amide bonds. The van der Waals surface area contributed by atoms with Crippen LogP contribution in [0.15, 0.2) is 18.5 Å². The third-order valence-corrected chi connectivity index (χ3v) is 4.10. The van der Waals surface area contributed by atoms with Crippen LogP contribution >= 0.6 is 0 Å². The maximum Gasteiger partial charge on any atom is 0.145 e. The molecule has 94 valence electrons. The Kier molecular flexibility index (Phi) is 4.49. The molecule has 1 aliphatic rings. The number of hydrogen-bond acceptors (Lipinski definition) is 3. The zero-order valence-corrected chi connectivity index (χ0v) is 10.9. The molecule has 1 N–H and O–H groups in total. The Balaban J connectivity index is 2.16. The second kappa shape index (κ2) is 6.10. The third-order valence-electron chi connectivity index (χ3n) is 4.10. The third kappa shape index (κ3) is 2.83. The lowest BCUT2D eigenvalue weighted by Crippen LogP contribution is -2.33. The smallest absolute Gasteiger partial charge is 0.145 e. The molecule has 3 unspecified atom stereocenters. The lowest BCUT2D eigenvalue weighted by atomic mass is 9.74. The summed E-state index contributed by atoms with van der Waals surface area (Å²) in [7, 11) is 2.03. The SMILES string of the molecule is CCC1CCCCC1C(NC)c1ncccn1. The maximum atomic E-state index is 4.42. The van der Waals surface area contributed by atoms with Crippen LogP contribution in [-0.2, 0) is 0 Å². The first-order chi connectivity index (χ1) is 8.36. The molecule has 3 atom stereocenters. The minimum Gasteiger partial charge on any atom is -0.310 e. The first-order valence-corrected chi connectivity index (χ1v) is 6.81. The van der Waals surface area contributed by atoms with Crippen molar-refractivity contribution in [3.8, 4) is 0 Å². The number of aromatic nitrogens is 2. The normalized spacial score (nSPS) is 26.7. The van der Waals surface area contributed by atoms with Gasteiger partial charge in [0.2, 0.25) is 0 Å². The lowest BCUT2D eigenvalue weighted by molar-refractivity contribution is 0.176. The Morgan fingerprint density at radius 3 is 2.65 bits per heavy atom. The molecule has 1 heterocycles. The van der Waals surface area contributed by atoms with Crippen LogP contribution < -0.4 is 5.32 Å². The highest BCUT2D eigenvalue weighted by Gasteiger charge is 2.32. The van der Waals surface area contributed by atoms with Gasteiger partial charge < -0.3 is 5.32 Å². The van der Waals surface area contributed by atoms with Gasteiger partial charge in [0.15, 0.2) is 0 Å². The number of hydrogen-bond donors (Lipinski definition) is 1. The van der Waals surface area contributed by atoms with Gasteiger partial charge in [-0.15, -0.1) is 0 Å². The summed E-state index contributed by atoms with van der Waals surface area (Å²) >= 11 is 0. The number of nitrogens with zero attached hydrogens (tertiary/aromatic N) is 2. The molecule has 0 aliphatic heterocycles. The average Bonchev–Trinajstić information content (AvgIpc) is 2.41. The van der Waals surface area contributed by atoms with E-state index in [1.54, 1.807) is 0 Å². The summed E-state index contributed by atoms with van der Waals surface area (Å²) in [5.74, 6) is 2.48. The van der Waals surface area contributed by atoms with Crippen molar-refractivity contribution >= 4 is 0 Å². The fourth-order valence-electron chi connectivity index (χ4n) is 3.19. The van der Waals surface area contributed by atoms with Crippen molar-refractivity contribution in [3.05, 3.63) is 24.3 Å². The molecular formula is C14H23N3. The van der Waals surface area contributed by atoms with Crippen LogP contribution in [0, 0.1) is 11.8 Å². The second-order valence-electron chi connectivity index (χ2n) is 4.99. The van der Waals surface area contributed by atoms with E-state index in [2.05, 4.69) is 22.2 Å². The summed E-state index contributed by atoms with van der Waals surface area (Å²) in [6.07, 6.45) is 10.4. The number of rotatable bonds is 4. The molecule has 17 heavy (non-hydrogen) atoms. The van der Waals surface area contributed by atoms with E-state index >= 15 is 0 Å². The van der Waals surface area contributed by atoms with Gasteiger partial charge in [-0.05, 0) is 31.4 Å². The first-order valence-electron chi connectivity index (χ1n) is 6.81. The van der Waals surface area contributed by atoms with E-state index in [0.29, 0.717) is 12.0 Å². The van der Waals surface area contributed by atoms with Crippen LogP contribution in [0.2, 0.25) is 0 Å². The molecule has 0 radical (unpaired) electrons. The zero-order chi connectivity index (χ0) is 12.1. The molecule has 1 saturated carbocycles. The maximum absolute atomic E-state index is 4.42. The van der Waals surface area contributed by atoms with Crippen molar-refractivity contribution < 1.29 is 0 Å². The Hall–Kier alpha value is -0.960. The summed E-state index contributed by atoms with van der Waals surface area (Å²) in [5.41, 5.74) is 0. The summed E-state index contributed by atoms with van der Waals surface area (Å²) < 4.78 is 0. The highest BCUT2D eigenvalue weighted by Crippen LogP contribution is 2.39. The molecule has 0 saturated heterocycles. The Bertz CT molecular complexity index is 325. The number of nitrogens with one attached hydrogen (secondary N) is 1. The second-order valence-corrected chi connectivity index (χ2v) is 4.99. The summed E-state index contributed by atoms with van der Waals surface area (Å²) in [5, 5.41) is 3.43. The topological polar surface area (TPSA) is 37.8 Å². The van der Waals surface area contributed by atoms with E-state index in [1.807, 2.05) is 25.5 Å². The summed E-state index contributed by atoms with van der Waals surface area (Å²) in [4.78, 5) is 8.84. The van der Waals surface area contributed by atoms with Crippen molar-refractivity contribution in [1.82, 2.24) is 15.3 Å². The molecule has 1 aliphatic carbocycles. The molecular weight excluding hydrogens is 210 g/mol. The van der Waals surface area contributed by atoms with Gasteiger partial charge in [0.05, 0.1) is 6.04 Å². The summed E-state index contributed by atoms with van der Waals surface area (Å²) in [6, 6.07) is 2.20. The molecule has 1 aromatic heterocycles. The van der Waals surface area contributed by atoms with Crippen molar-refractivity contribution in [3.63, 3.8) is 0 Å². The van der Waals surface area contributed by atoms with Crippen LogP contribution in [0.25, 0.3) is 0 Å². The Morgan fingerprint density at radius 1 is 1.29 bits per heavy atom. The van der Waals surface area contributed by atoms with Crippen molar-refractivity contribution in [2.75, 3.05) is 7.05 Å². The fraction of sp³-hybridized carbons (Fsp3) is 0.714. The van der Waals surface area contributed by atoms with Gasteiger partial charge >= 0.3 is 0 Å². The van der Waals surface area contributed by atoms with Gasteiger partial charge in [-0.25, -0.2) is 9.97 Å². The van der Waals surface area contributed by atoms with Crippen molar-refractivity contribution in [1.29, 1.82) is 0 Å². The minimum absolute atomic E-state index is 0.321. The van der Waals surface area contributed by atoms with E-state index in [0.717, 1.165) is 11.7 Å². The molecule has 2 rings (SSSR count). The predicted molar refractivity (Wildman–Crippen MR) is 69.6 cm³/mol. The van der Waals surface area contributed by atoms with Gasteiger partial charge in [0.25, 0.3) is 0 Å². The van der Waals surface area contributed by atoms with Gasteiger partial charge in [0, 0.05) is 12.4 Å². The van der Waals surface area contributed by atoms with Crippen molar-refractivity contribution in [2.24, 2.45) is 11.8 Å². The van der Waals surface area contributed by atoms with Gasteiger partial charge in [0.1, 0.15) is 5.82 Å². The molecule has 3 heteroatoms. The van der Waals surface area contributed by atoms with Crippen molar-refractivity contribution in [2.45, 2.75) is 45.1 Å². The minimum atomic E-state index is 0.321. The van der Waals surface area contributed by atoms with Crippen LogP contribution in [0.5, 0.6) is 0 Å². The highest BCUT2D eigenvalue weighted by molar-refractivity contribution is 5.00. The largest absolute Gasteiger partial charge is 0.310 e. The fourth-order valence-corrected chi connectivity index (χ4v) is 3.19.